The van der Waals surface area contributed by atoms with Crippen LogP contribution in [0.15, 0.2) is 11.8 Å². The maximum Gasteiger partial charge on any atom is 0.529 e. The van der Waals surface area contributed by atoms with Gasteiger partial charge >= 0.3 is 7.82 Å². The van der Waals surface area contributed by atoms with Crippen LogP contribution in [0.2, 0.25) is 0 Å². The topological polar surface area (TPSA) is 88.8 Å². The Morgan fingerprint density at radius 2 is 2.14 bits per heavy atom. The molecule has 0 aromatic heterocycles. The highest BCUT2D eigenvalue weighted by molar-refractivity contribution is 7.48. The van der Waals surface area contributed by atoms with Crippen LogP contribution in [0, 0.1) is 23.2 Å². The lowest BCUT2D eigenvalue weighted by atomic mass is 9.77. The lowest BCUT2D eigenvalue weighted by Gasteiger charge is -2.37. The molecule has 0 aromatic rings. The first-order valence-electron chi connectivity index (χ1n) is 7.40. The van der Waals surface area contributed by atoms with E-state index in [1.165, 1.54) is 0 Å². The Morgan fingerprint density at radius 3 is 2.71 bits per heavy atom. The van der Waals surface area contributed by atoms with Gasteiger partial charge in [0.15, 0.2) is 0 Å². The zero-order chi connectivity index (χ0) is 15.5. The molecule has 3 atom stereocenters. The Labute approximate surface area is 125 Å². The fourth-order valence-corrected chi connectivity index (χ4v) is 4.40. The first kappa shape index (κ1) is 16.5. The molecule has 7 heteroatoms. The van der Waals surface area contributed by atoms with Crippen molar-refractivity contribution >= 4 is 7.82 Å². The highest BCUT2D eigenvalue weighted by Crippen LogP contribution is 2.57. The number of aliphatic hydroxyl groups is 1. The van der Waals surface area contributed by atoms with Gasteiger partial charge in [-0.2, -0.15) is 5.26 Å². The lowest BCUT2D eigenvalue weighted by Crippen LogP contribution is -2.40. The van der Waals surface area contributed by atoms with Crippen molar-refractivity contribution in [1.82, 2.24) is 0 Å². The molecule has 0 spiro atoms. The van der Waals surface area contributed by atoms with E-state index >= 15 is 0 Å². The molecule has 118 valence electrons. The van der Waals surface area contributed by atoms with E-state index in [0.717, 1.165) is 12.8 Å². The summed E-state index contributed by atoms with van der Waals surface area (Å²) in [5.41, 5.74) is -1.16. The molecular weight excluding hydrogens is 293 g/mol. The number of hydrogen-bond acceptors (Lipinski definition) is 6. The fraction of sp³-hybridized carbons (Fsp3) is 0.786. The summed E-state index contributed by atoms with van der Waals surface area (Å²) in [4.78, 5) is 0. The third-order valence-electron chi connectivity index (χ3n) is 4.05. The molecule has 0 heterocycles. The van der Waals surface area contributed by atoms with E-state index in [9.17, 15) is 9.67 Å². The third-order valence-corrected chi connectivity index (χ3v) is 5.62. The summed E-state index contributed by atoms with van der Waals surface area (Å²) >= 11 is 0. The highest BCUT2D eigenvalue weighted by Gasteiger charge is 2.51. The van der Waals surface area contributed by atoms with E-state index in [1.54, 1.807) is 19.9 Å². The van der Waals surface area contributed by atoms with Crippen LogP contribution in [0.5, 0.6) is 0 Å². The van der Waals surface area contributed by atoms with Crippen molar-refractivity contribution in [2.75, 3.05) is 13.2 Å². The van der Waals surface area contributed by atoms with E-state index < -0.39 is 13.4 Å². The van der Waals surface area contributed by atoms with Gasteiger partial charge in [-0.15, -0.1) is 0 Å². The van der Waals surface area contributed by atoms with Gasteiger partial charge < -0.3 is 9.63 Å². The first-order valence-corrected chi connectivity index (χ1v) is 8.86. The number of rotatable bonds is 6. The predicted molar refractivity (Wildman–Crippen MR) is 76.0 cm³/mol. The molecule has 0 amide bonds. The number of phosphoric ester groups is 1. The second-order valence-electron chi connectivity index (χ2n) is 5.39. The second kappa shape index (κ2) is 6.50. The molecule has 2 aliphatic carbocycles. The van der Waals surface area contributed by atoms with Gasteiger partial charge in [0.2, 0.25) is 0 Å². The summed E-state index contributed by atoms with van der Waals surface area (Å²) in [5.74, 6) is -0.216. The molecule has 0 aliphatic heterocycles. The minimum absolute atomic E-state index is 0.0427. The summed E-state index contributed by atoms with van der Waals surface area (Å²) in [6, 6.07) is 2.17. The Balaban J connectivity index is 2.28. The maximum absolute atomic E-state index is 12.5. The number of hydrogen-bond donors (Lipinski definition) is 1. The van der Waals surface area contributed by atoms with Crippen LogP contribution in [-0.2, 0) is 18.1 Å². The largest absolute Gasteiger partial charge is 0.529 e. The van der Waals surface area contributed by atoms with Crippen LogP contribution in [0.3, 0.4) is 0 Å². The molecule has 1 unspecified atom stereocenters. The molecule has 1 N–H and O–H groups in total. The summed E-state index contributed by atoms with van der Waals surface area (Å²) in [6.45, 7) is 3.73. The highest BCUT2D eigenvalue weighted by atomic mass is 31.2. The van der Waals surface area contributed by atoms with Crippen LogP contribution in [0.25, 0.3) is 0 Å². The predicted octanol–water partition coefficient (Wildman–Crippen LogP) is 3.14. The van der Waals surface area contributed by atoms with E-state index in [4.69, 9.17) is 18.8 Å². The average Bonchev–Trinajstić information content (AvgIpc) is 2.81. The van der Waals surface area contributed by atoms with Gasteiger partial charge in [0.25, 0.3) is 0 Å². The van der Waals surface area contributed by atoms with Gasteiger partial charge in [0, 0.05) is 0 Å². The summed E-state index contributed by atoms with van der Waals surface area (Å²) in [5, 5.41) is 20.0. The Bertz CT molecular complexity index is 490. The number of nitriles is 1. The average molecular weight is 315 g/mol. The maximum atomic E-state index is 12.5. The zero-order valence-corrected chi connectivity index (χ0v) is 13.3. The van der Waals surface area contributed by atoms with E-state index in [2.05, 4.69) is 6.07 Å². The minimum atomic E-state index is -3.75. The molecule has 1 saturated carbocycles. The second-order valence-corrected chi connectivity index (χ2v) is 6.98. The molecule has 1 fully saturated rings. The van der Waals surface area contributed by atoms with Crippen molar-refractivity contribution in [3.8, 4) is 6.07 Å². The number of phosphoric acid groups is 1. The van der Waals surface area contributed by atoms with Gasteiger partial charge in [-0.05, 0) is 51.5 Å². The van der Waals surface area contributed by atoms with Crippen LogP contribution >= 0.6 is 7.82 Å². The van der Waals surface area contributed by atoms with Gasteiger partial charge in [0.1, 0.15) is 11.4 Å². The smallest absolute Gasteiger partial charge is 0.406 e. The van der Waals surface area contributed by atoms with Crippen molar-refractivity contribution in [3.63, 3.8) is 0 Å². The molecular formula is C14H22NO5P. The Morgan fingerprint density at radius 1 is 1.48 bits per heavy atom. The van der Waals surface area contributed by atoms with Crippen LogP contribution in [0.1, 0.15) is 39.5 Å². The molecule has 2 aliphatic rings. The number of allylic oxidation sites excluding steroid dienone is 1. The third kappa shape index (κ3) is 3.32. The molecule has 6 nitrogen and oxygen atoms in total. The van der Waals surface area contributed by atoms with Crippen molar-refractivity contribution in [2.24, 2.45) is 11.8 Å². The molecule has 0 radical (unpaired) electrons. The fourth-order valence-electron chi connectivity index (χ4n) is 3.13. The summed E-state index contributed by atoms with van der Waals surface area (Å²) in [6.07, 6.45) is 4.40. The monoisotopic (exact) mass is 315 g/mol. The van der Waals surface area contributed by atoms with Crippen molar-refractivity contribution in [2.45, 2.75) is 45.1 Å². The van der Waals surface area contributed by atoms with E-state index in [1.807, 2.05) is 0 Å². The number of fused-ring (bicyclic) bond motifs is 1. The van der Waals surface area contributed by atoms with E-state index in [0.29, 0.717) is 12.8 Å². The normalized spacial score (nSPS) is 32.2. The van der Waals surface area contributed by atoms with Crippen LogP contribution in [0.4, 0.5) is 0 Å². The Hall–Kier alpha value is -0.860. The van der Waals surface area contributed by atoms with Gasteiger partial charge in [0.05, 0.1) is 25.2 Å². The van der Waals surface area contributed by atoms with Crippen LogP contribution < -0.4 is 0 Å². The van der Waals surface area contributed by atoms with Crippen molar-refractivity contribution < 1.29 is 23.2 Å². The van der Waals surface area contributed by atoms with Gasteiger partial charge in [-0.25, -0.2) is 4.57 Å². The van der Waals surface area contributed by atoms with E-state index in [-0.39, 0.29) is 30.8 Å². The summed E-state index contributed by atoms with van der Waals surface area (Å²) in [7, 11) is -3.75. The SMILES string of the molecule is CCOP(=O)(OCC)OC1=CC(C#N)C[C@H]2CCC[C@]12O. The zero-order valence-electron chi connectivity index (χ0n) is 12.4. The van der Waals surface area contributed by atoms with Crippen molar-refractivity contribution in [3.05, 3.63) is 11.8 Å². The van der Waals surface area contributed by atoms with Crippen molar-refractivity contribution in [1.29, 1.82) is 5.26 Å². The first-order chi connectivity index (χ1) is 9.97. The standard InChI is InChI=1S/C14H22NO5P/c1-3-18-21(17,19-4-2)20-13-9-11(10-15)8-12-6-5-7-14(12,13)16/h9,11-12,16H,3-8H2,1-2H3/t11?,12-,14-/m1/s1. The number of nitrogens with zero attached hydrogens (tertiary/aromatic N) is 1. The molecule has 2 rings (SSSR count). The molecule has 0 aromatic carbocycles. The quantitative estimate of drug-likeness (QED) is 0.757. The molecule has 0 bridgehead atoms. The van der Waals surface area contributed by atoms with Crippen LogP contribution in [-0.4, -0.2) is 23.9 Å². The molecule has 0 saturated heterocycles. The summed E-state index contributed by atoms with van der Waals surface area (Å²) < 4.78 is 28.2. The minimum Gasteiger partial charge on any atom is -0.406 e. The molecule has 21 heavy (non-hydrogen) atoms. The Kier molecular flexibility index (Phi) is 5.11. The lowest BCUT2D eigenvalue weighted by molar-refractivity contribution is -0.0165. The van der Waals surface area contributed by atoms with Gasteiger partial charge in [-0.3, -0.25) is 9.05 Å². The van der Waals surface area contributed by atoms with Gasteiger partial charge in [-0.1, -0.05) is 0 Å².